The summed E-state index contributed by atoms with van der Waals surface area (Å²) in [6, 6.07) is 0. The molecule has 1 nitrogen and oxygen atoms in total. The van der Waals surface area contributed by atoms with E-state index >= 15 is 0 Å². The van der Waals surface area contributed by atoms with Crippen molar-refractivity contribution >= 4 is 0 Å². The van der Waals surface area contributed by atoms with E-state index in [2.05, 4.69) is 39.8 Å². The molecule has 0 spiro atoms. The van der Waals surface area contributed by atoms with Crippen LogP contribution in [-0.2, 0) is 0 Å². The van der Waals surface area contributed by atoms with Crippen LogP contribution in [-0.4, -0.2) is 30.7 Å². The van der Waals surface area contributed by atoms with Crippen molar-refractivity contribution in [1.82, 2.24) is 0 Å². The van der Waals surface area contributed by atoms with Gasteiger partial charge < -0.3 is 28.5 Å². The van der Waals surface area contributed by atoms with Crippen LogP contribution in [0.2, 0.25) is 0 Å². The van der Waals surface area contributed by atoms with Gasteiger partial charge in [-0.2, -0.15) is 0 Å². The Morgan fingerprint density at radius 2 is 0.697 bits per heavy atom. The van der Waals surface area contributed by atoms with E-state index in [0.29, 0.717) is 0 Å². The Balaban J connectivity index is 0. The van der Waals surface area contributed by atoms with Gasteiger partial charge in [0.15, 0.2) is 0 Å². The highest BCUT2D eigenvalue weighted by Crippen LogP contribution is 2.19. The Labute approximate surface area is 228 Å². The van der Waals surface area contributed by atoms with E-state index in [1.54, 1.807) is 0 Å². The molecule has 33 heavy (non-hydrogen) atoms. The maximum atomic E-state index is 2.50. The van der Waals surface area contributed by atoms with Crippen molar-refractivity contribution in [2.24, 2.45) is 0 Å². The van der Waals surface area contributed by atoms with Gasteiger partial charge in [0.25, 0.3) is 0 Å². The topological polar surface area (TPSA) is 0 Å². The summed E-state index contributed by atoms with van der Waals surface area (Å²) in [5.41, 5.74) is 0. The van der Waals surface area contributed by atoms with Gasteiger partial charge in [-0.3, -0.25) is 0 Å². The SMILES string of the molecule is CCC/C=C/CC[N+](CCCCCCCC)(CCCCCCCC)CCCCCCCC.[I-]. The zero-order valence-corrected chi connectivity index (χ0v) is 25.8. The molecule has 0 atom stereocenters. The predicted molar refractivity (Wildman–Crippen MR) is 149 cm³/mol. The van der Waals surface area contributed by atoms with E-state index in [1.807, 2.05) is 0 Å². The van der Waals surface area contributed by atoms with Crippen molar-refractivity contribution in [2.75, 3.05) is 26.2 Å². The molecule has 0 aromatic rings. The highest BCUT2D eigenvalue weighted by Gasteiger charge is 2.25. The highest BCUT2D eigenvalue weighted by molar-refractivity contribution is 4.81. The third kappa shape index (κ3) is 23.9. The van der Waals surface area contributed by atoms with Crippen molar-refractivity contribution in [2.45, 2.75) is 163 Å². The zero-order chi connectivity index (χ0) is 23.6. The largest absolute Gasteiger partial charge is 1.00 e. The van der Waals surface area contributed by atoms with Crippen molar-refractivity contribution in [3.05, 3.63) is 12.2 Å². The average Bonchev–Trinajstić information content (AvgIpc) is 2.80. The van der Waals surface area contributed by atoms with Crippen LogP contribution in [0.15, 0.2) is 12.2 Å². The minimum atomic E-state index is 0. The van der Waals surface area contributed by atoms with Crippen molar-refractivity contribution in [3.8, 4) is 0 Å². The molecule has 0 amide bonds. The van der Waals surface area contributed by atoms with Crippen molar-refractivity contribution in [1.29, 1.82) is 0 Å². The van der Waals surface area contributed by atoms with Crippen LogP contribution in [0.5, 0.6) is 0 Å². The lowest BCUT2D eigenvalue weighted by Crippen LogP contribution is -3.00. The van der Waals surface area contributed by atoms with Crippen LogP contribution in [0.1, 0.15) is 163 Å². The number of hydrogen-bond acceptors (Lipinski definition) is 0. The Morgan fingerprint density at radius 3 is 1.06 bits per heavy atom. The number of quaternary nitrogens is 1. The van der Waals surface area contributed by atoms with Gasteiger partial charge in [0.05, 0.1) is 26.2 Å². The van der Waals surface area contributed by atoms with Crippen LogP contribution >= 0.6 is 0 Å². The molecule has 0 saturated carbocycles. The first-order chi connectivity index (χ1) is 15.7. The zero-order valence-electron chi connectivity index (χ0n) is 23.7. The molecule has 0 aliphatic heterocycles. The van der Waals surface area contributed by atoms with E-state index in [-0.39, 0.29) is 24.0 Å². The molecule has 200 valence electrons. The second kappa shape index (κ2) is 28.7. The molecule has 0 aliphatic carbocycles. The molecule has 0 saturated heterocycles. The second-order valence-electron chi connectivity index (χ2n) is 10.6. The smallest absolute Gasteiger partial charge is 0.0821 e. The summed E-state index contributed by atoms with van der Waals surface area (Å²) in [5.74, 6) is 0. The first kappa shape index (κ1) is 35.6. The molecule has 0 aliphatic rings. The number of hydrogen-bond donors (Lipinski definition) is 0. The van der Waals surface area contributed by atoms with E-state index < -0.39 is 0 Å². The quantitative estimate of drug-likeness (QED) is 0.0429. The minimum absolute atomic E-state index is 0. The van der Waals surface area contributed by atoms with Gasteiger partial charge >= 0.3 is 0 Å². The molecule has 0 unspecified atom stereocenters. The molecule has 0 fully saturated rings. The lowest BCUT2D eigenvalue weighted by molar-refractivity contribution is -0.928. The van der Waals surface area contributed by atoms with Crippen molar-refractivity contribution < 1.29 is 28.5 Å². The lowest BCUT2D eigenvalue weighted by atomic mass is 10.1. The monoisotopic (exact) mass is 577 g/mol. The summed E-state index contributed by atoms with van der Waals surface area (Å²) in [7, 11) is 0. The normalized spacial score (nSPS) is 11.9. The summed E-state index contributed by atoms with van der Waals surface area (Å²) in [6.45, 7) is 15.0. The summed E-state index contributed by atoms with van der Waals surface area (Å²) >= 11 is 0. The summed E-state index contributed by atoms with van der Waals surface area (Å²) in [5, 5.41) is 0. The fraction of sp³-hybridized carbons (Fsp3) is 0.935. The third-order valence-corrected chi connectivity index (χ3v) is 7.35. The Kier molecular flexibility index (Phi) is 30.9. The first-order valence-corrected chi connectivity index (χ1v) is 15.2. The van der Waals surface area contributed by atoms with Gasteiger partial charge in [-0.1, -0.05) is 123 Å². The van der Waals surface area contributed by atoms with Gasteiger partial charge in [-0.25, -0.2) is 0 Å². The highest BCUT2D eigenvalue weighted by atomic mass is 127. The van der Waals surface area contributed by atoms with Crippen LogP contribution in [0, 0.1) is 0 Å². The van der Waals surface area contributed by atoms with E-state index in [0.717, 1.165) is 0 Å². The maximum absolute atomic E-state index is 2.50. The minimum Gasteiger partial charge on any atom is -1.00 e. The Hall–Kier alpha value is 0.430. The van der Waals surface area contributed by atoms with Crippen LogP contribution < -0.4 is 24.0 Å². The molecule has 0 aromatic heterocycles. The molecule has 0 bridgehead atoms. The van der Waals surface area contributed by atoms with Crippen LogP contribution in [0.3, 0.4) is 0 Å². The van der Waals surface area contributed by atoms with Gasteiger partial charge in [-0.15, -0.1) is 0 Å². The summed E-state index contributed by atoms with van der Waals surface area (Å²) < 4.78 is 1.42. The Bertz CT molecular complexity index is 338. The fourth-order valence-electron chi connectivity index (χ4n) is 5.10. The number of allylic oxidation sites excluding steroid dienone is 1. The molecule has 0 radical (unpaired) electrons. The molecular weight excluding hydrogens is 513 g/mol. The lowest BCUT2D eigenvalue weighted by Gasteiger charge is -2.39. The van der Waals surface area contributed by atoms with E-state index in [1.165, 1.54) is 165 Å². The van der Waals surface area contributed by atoms with Crippen LogP contribution in [0.25, 0.3) is 0 Å². The number of rotatable bonds is 26. The number of halogens is 1. The fourth-order valence-corrected chi connectivity index (χ4v) is 5.10. The average molecular weight is 578 g/mol. The van der Waals surface area contributed by atoms with Crippen molar-refractivity contribution in [3.63, 3.8) is 0 Å². The van der Waals surface area contributed by atoms with Crippen LogP contribution in [0.4, 0.5) is 0 Å². The van der Waals surface area contributed by atoms with Gasteiger partial charge in [0.2, 0.25) is 0 Å². The van der Waals surface area contributed by atoms with Gasteiger partial charge in [-0.05, 0) is 44.9 Å². The molecule has 0 rings (SSSR count). The standard InChI is InChI=1S/C31H64N.HI/c1-5-9-13-17-21-25-29-32(28-24-20-16-12-8-4,30-26-22-18-14-10-6-2)31-27-23-19-15-11-7-3;/h16,20H,5-15,17-19,21-31H2,1-4H3;1H/q+1;/p-1/b20-16+;. The summed E-state index contributed by atoms with van der Waals surface area (Å²) in [4.78, 5) is 0. The van der Waals surface area contributed by atoms with Gasteiger partial charge in [0, 0.05) is 6.42 Å². The number of nitrogens with zero attached hydrogens (tertiary/aromatic N) is 1. The molecule has 2 heteroatoms. The Morgan fingerprint density at radius 1 is 0.364 bits per heavy atom. The maximum Gasteiger partial charge on any atom is 0.0821 e. The first-order valence-electron chi connectivity index (χ1n) is 15.2. The van der Waals surface area contributed by atoms with Gasteiger partial charge in [0.1, 0.15) is 0 Å². The van der Waals surface area contributed by atoms with E-state index in [9.17, 15) is 0 Å². The molecule has 0 N–H and O–H groups in total. The second-order valence-corrected chi connectivity index (χ2v) is 10.6. The summed E-state index contributed by atoms with van der Waals surface area (Å²) in [6.07, 6.45) is 34.6. The third-order valence-electron chi connectivity index (χ3n) is 7.35. The predicted octanol–water partition coefficient (Wildman–Crippen LogP) is 7.64. The van der Waals surface area contributed by atoms with E-state index in [4.69, 9.17) is 0 Å². The molecule has 0 aromatic carbocycles. The number of unbranched alkanes of at least 4 members (excludes halogenated alkanes) is 16. The molecular formula is C31H64IN. The molecule has 0 heterocycles.